The fraction of sp³-hybridized carbons (Fsp3) is 0.121. The van der Waals surface area contributed by atoms with E-state index in [0.717, 1.165) is 27.6 Å². The quantitative estimate of drug-likeness (QED) is 0.206. The molecule has 0 aliphatic carbocycles. The number of aryl methyl sites for hydroxylation is 1. The maximum atomic E-state index is 13.9. The van der Waals surface area contributed by atoms with E-state index in [1.165, 1.54) is 4.31 Å². The molecule has 5 aromatic rings. The van der Waals surface area contributed by atoms with Gasteiger partial charge in [-0.15, -0.1) is 0 Å². The number of benzene rings is 5. The first-order valence-electron chi connectivity index (χ1n) is 13.0. The molecule has 5 rings (SSSR count). The number of nitrogens with zero attached hydrogens (tertiary/aromatic N) is 1. The summed E-state index contributed by atoms with van der Waals surface area (Å²) in [6.45, 7) is 2.49. The van der Waals surface area contributed by atoms with Crippen molar-refractivity contribution in [3.8, 4) is 5.75 Å². The summed E-state index contributed by atoms with van der Waals surface area (Å²) in [5, 5.41) is 4.96. The van der Waals surface area contributed by atoms with E-state index in [0.29, 0.717) is 5.69 Å². The van der Waals surface area contributed by atoms with Gasteiger partial charge in [0.05, 0.1) is 29.2 Å². The summed E-state index contributed by atoms with van der Waals surface area (Å²) in [6, 6.07) is 36.6. The smallest absolute Gasteiger partial charge is 0.264 e. The zero-order valence-corrected chi connectivity index (χ0v) is 23.0. The van der Waals surface area contributed by atoms with Gasteiger partial charge in [0.25, 0.3) is 15.9 Å². The molecule has 0 unspecified atom stereocenters. The molecule has 1 N–H and O–H groups in total. The number of hydrogen-bond acceptors (Lipinski definition) is 4. The largest absolute Gasteiger partial charge is 0.491 e. The third-order valence-electron chi connectivity index (χ3n) is 6.59. The van der Waals surface area contributed by atoms with Crippen molar-refractivity contribution in [3.05, 3.63) is 138 Å². The molecule has 0 aliphatic rings. The molecule has 0 aliphatic heterocycles. The van der Waals surface area contributed by atoms with Crippen LogP contribution in [0.3, 0.4) is 0 Å². The Hall–Kier alpha value is -4.62. The minimum absolute atomic E-state index is 0.0749. The van der Waals surface area contributed by atoms with Crippen molar-refractivity contribution in [2.75, 3.05) is 17.5 Å². The third kappa shape index (κ3) is 6.00. The molecule has 0 atom stereocenters. The highest BCUT2D eigenvalue weighted by Gasteiger charge is 2.28. The second-order valence-corrected chi connectivity index (χ2v) is 11.3. The SMILES string of the molecule is Cc1ccc(S(=O)(=O)N(Cc2ccccc2)c2ccccc2C(=O)NCCOc2cccc3ccccc23)cc1. The first-order valence-corrected chi connectivity index (χ1v) is 14.5. The normalized spacial score (nSPS) is 11.2. The van der Waals surface area contributed by atoms with Gasteiger partial charge in [-0.25, -0.2) is 8.42 Å². The van der Waals surface area contributed by atoms with Gasteiger partial charge in [-0.3, -0.25) is 9.10 Å². The molecule has 0 radical (unpaired) electrons. The number of hydrogen-bond donors (Lipinski definition) is 1. The van der Waals surface area contributed by atoms with Crippen LogP contribution in [0.15, 0.2) is 126 Å². The topological polar surface area (TPSA) is 75.7 Å². The lowest BCUT2D eigenvalue weighted by Gasteiger charge is -2.26. The number of ether oxygens (including phenoxy) is 1. The summed E-state index contributed by atoms with van der Waals surface area (Å²) in [5.74, 6) is 0.361. The first kappa shape index (κ1) is 27.0. The number of carbonyl (C=O) groups is 1. The molecule has 6 nitrogen and oxygen atoms in total. The van der Waals surface area contributed by atoms with Gasteiger partial charge < -0.3 is 10.1 Å². The number of sulfonamides is 1. The Morgan fingerprint density at radius 2 is 1.45 bits per heavy atom. The highest BCUT2D eigenvalue weighted by atomic mass is 32.2. The van der Waals surface area contributed by atoms with E-state index in [2.05, 4.69) is 5.32 Å². The van der Waals surface area contributed by atoms with Crippen LogP contribution in [0.4, 0.5) is 5.69 Å². The number of para-hydroxylation sites is 1. The van der Waals surface area contributed by atoms with Crippen LogP contribution in [0.5, 0.6) is 5.75 Å². The molecule has 7 heteroatoms. The molecule has 0 saturated carbocycles. The number of nitrogens with one attached hydrogen (secondary N) is 1. The van der Waals surface area contributed by atoms with Crippen molar-refractivity contribution >= 4 is 32.4 Å². The summed E-state index contributed by atoms with van der Waals surface area (Å²) in [7, 11) is -3.98. The molecule has 202 valence electrons. The minimum Gasteiger partial charge on any atom is -0.491 e. The summed E-state index contributed by atoms with van der Waals surface area (Å²) < 4.78 is 35.1. The zero-order valence-electron chi connectivity index (χ0n) is 22.2. The van der Waals surface area contributed by atoms with Crippen molar-refractivity contribution in [1.82, 2.24) is 5.32 Å². The van der Waals surface area contributed by atoms with Crippen molar-refractivity contribution in [3.63, 3.8) is 0 Å². The minimum atomic E-state index is -3.98. The molecular formula is C33H30N2O4S. The van der Waals surface area contributed by atoms with E-state index in [1.54, 1.807) is 48.5 Å². The van der Waals surface area contributed by atoms with Crippen LogP contribution < -0.4 is 14.4 Å². The van der Waals surface area contributed by atoms with Crippen LogP contribution in [-0.2, 0) is 16.6 Å². The predicted octanol–water partition coefficient (Wildman–Crippen LogP) is 6.35. The summed E-state index contributed by atoms with van der Waals surface area (Å²) in [6.07, 6.45) is 0. The summed E-state index contributed by atoms with van der Waals surface area (Å²) in [4.78, 5) is 13.5. The Kier molecular flexibility index (Phi) is 8.12. The second-order valence-electron chi connectivity index (χ2n) is 9.41. The van der Waals surface area contributed by atoms with Crippen LogP contribution in [-0.4, -0.2) is 27.5 Å². The lowest BCUT2D eigenvalue weighted by atomic mass is 10.1. The van der Waals surface area contributed by atoms with Crippen molar-refractivity contribution < 1.29 is 17.9 Å². The highest BCUT2D eigenvalue weighted by Crippen LogP contribution is 2.30. The lowest BCUT2D eigenvalue weighted by molar-refractivity contribution is 0.0947. The second kappa shape index (κ2) is 12.1. The number of fused-ring (bicyclic) bond motifs is 1. The molecule has 0 spiro atoms. The van der Waals surface area contributed by atoms with Gasteiger partial charge in [-0.2, -0.15) is 0 Å². The van der Waals surface area contributed by atoms with Crippen molar-refractivity contribution in [1.29, 1.82) is 0 Å². The Labute approximate surface area is 234 Å². The molecule has 1 amide bonds. The maximum absolute atomic E-state index is 13.9. The van der Waals surface area contributed by atoms with Gasteiger partial charge in [0, 0.05) is 5.39 Å². The van der Waals surface area contributed by atoms with Crippen LogP contribution in [0, 0.1) is 6.92 Å². The Morgan fingerprint density at radius 3 is 2.25 bits per heavy atom. The third-order valence-corrected chi connectivity index (χ3v) is 8.36. The molecule has 0 aromatic heterocycles. The van der Waals surface area contributed by atoms with E-state index in [4.69, 9.17) is 4.74 Å². The van der Waals surface area contributed by atoms with Crippen LogP contribution >= 0.6 is 0 Å². The van der Waals surface area contributed by atoms with Gasteiger partial charge in [-0.1, -0.05) is 96.6 Å². The molecule has 40 heavy (non-hydrogen) atoms. The maximum Gasteiger partial charge on any atom is 0.264 e. The monoisotopic (exact) mass is 550 g/mol. The molecule has 0 heterocycles. The Balaban J connectivity index is 1.38. The summed E-state index contributed by atoms with van der Waals surface area (Å²) in [5.41, 5.74) is 2.33. The number of rotatable bonds is 10. The average molecular weight is 551 g/mol. The molecule has 0 saturated heterocycles. The average Bonchev–Trinajstić information content (AvgIpc) is 2.99. The number of anilines is 1. The lowest BCUT2D eigenvalue weighted by Crippen LogP contribution is -2.34. The molecule has 0 fully saturated rings. The van der Waals surface area contributed by atoms with E-state index in [1.807, 2.05) is 79.7 Å². The van der Waals surface area contributed by atoms with Gasteiger partial charge in [0.1, 0.15) is 12.4 Å². The Bertz CT molecular complexity index is 1710. The van der Waals surface area contributed by atoms with Crippen LogP contribution in [0.2, 0.25) is 0 Å². The first-order chi connectivity index (χ1) is 19.4. The van der Waals surface area contributed by atoms with Gasteiger partial charge in [0.2, 0.25) is 0 Å². The van der Waals surface area contributed by atoms with Crippen molar-refractivity contribution in [2.45, 2.75) is 18.4 Å². The fourth-order valence-corrected chi connectivity index (χ4v) is 5.98. The summed E-state index contributed by atoms with van der Waals surface area (Å²) >= 11 is 0. The van der Waals surface area contributed by atoms with Crippen LogP contribution in [0.25, 0.3) is 10.8 Å². The van der Waals surface area contributed by atoms with Gasteiger partial charge in [0.15, 0.2) is 0 Å². The number of amides is 1. The highest BCUT2D eigenvalue weighted by molar-refractivity contribution is 7.92. The molecular weight excluding hydrogens is 520 g/mol. The number of carbonyl (C=O) groups excluding carboxylic acids is 1. The predicted molar refractivity (Wildman–Crippen MR) is 159 cm³/mol. The molecule has 0 bridgehead atoms. The van der Waals surface area contributed by atoms with Gasteiger partial charge >= 0.3 is 0 Å². The zero-order chi connectivity index (χ0) is 28.0. The van der Waals surface area contributed by atoms with E-state index >= 15 is 0 Å². The van der Waals surface area contributed by atoms with E-state index in [9.17, 15) is 13.2 Å². The van der Waals surface area contributed by atoms with Crippen molar-refractivity contribution in [2.24, 2.45) is 0 Å². The standard InChI is InChI=1S/C33H30N2O4S/c1-25-18-20-28(21-19-25)40(37,38)35(24-26-10-3-2-4-11-26)31-16-8-7-15-30(31)33(36)34-22-23-39-32-17-9-13-27-12-5-6-14-29(27)32/h2-21H,22-24H2,1H3,(H,34,36). The van der Waals surface area contributed by atoms with E-state index < -0.39 is 10.0 Å². The van der Waals surface area contributed by atoms with Gasteiger partial charge in [-0.05, 0) is 48.2 Å². The van der Waals surface area contributed by atoms with Crippen LogP contribution in [0.1, 0.15) is 21.5 Å². The Morgan fingerprint density at radius 1 is 0.775 bits per heavy atom. The van der Waals surface area contributed by atoms with E-state index in [-0.39, 0.29) is 36.1 Å². The fourth-order valence-electron chi connectivity index (χ4n) is 4.51. The molecule has 5 aromatic carbocycles.